The maximum absolute atomic E-state index is 13.5. The van der Waals surface area contributed by atoms with Crippen molar-refractivity contribution in [3.8, 4) is 0 Å². The molecule has 0 saturated heterocycles. The molecule has 0 aliphatic carbocycles. The summed E-state index contributed by atoms with van der Waals surface area (Å²) in [5.41, 5.74) is 0.643. The zero-order valence-electron chi connectivity index (χ0n) is 13.0. The molecule has 2 rings (SSSR count). The predicted octanol–water partition coefficient (Wildman–Crippen LogP) is 3.05. The third-order valence-corrected chi connectivity index (χ3v) is 4.14. The first-order valence-electron chi connectivity index (χ1n) is 7.33. The van der Waals surface area contributed by atoms with Crippen molar-refractivity contribution in [3.05, 3.63) is 69.7 Å². The zero-order valence-corrected chi connectivity index (χ0v) is 14.5. The van der Waals surface area contributed by atoms with Crippen molar-refractivity contribution in [2.75, 3.05) is 6.54 Å². The summed E-state index contributed by atoms with van der Waals surface area (Å²) in [4.78, 5) is 11.6. The van der Waals surface area contributed by atoms with Crippen LogP contribution >= 0.6 is 15.9 Å². The number of carbonyl (C=O) groups is 1. The van der Waals surface area contributed by atoms with Crippen molar-refractivity contribution in [3.63, 3.8) is 0 Å². The molecule has 0 heterocycles. The van der Waals surface area contributed by atoms with Gasteiger partial charge in [0.1, 0.15) is 30.4 Å². The lowest BCUT2D eigenvalue weighted by atomic mass is 10.0. The van der Waals surface area contributed by atoms with E-state index in [4.69, 9.17) is 4.74 Å². The fraction of sp³-hybridized carbons (Fsp3) is 0.235. The van der Waals surface area contributed by atoms with Crippen molar-refractivity contribution in [2.24, 2.45) is 0 Å². The number of hydrogen-bond acceptors (Lipinski definition) is 4. The molecule has 0 bridgehead atoms. The highest BCUT2D eigenvalue weighted by atomic mass is 79.9. The normalized spacial score (nSPS) is 13.2. The number of amides is 1. The minimum absolute atomic E-state index is 0.0501. The Balaban J connectivity index is 1.84. The van der Waals surface area contributed by atoms with Gasteiger partial charge < -0.3 is 20.3 Å². The molecule has 0 fully saturated rings. The van der Waals surface area contributed by atoms with Gasteiger partial charge in [-0.15, -0.1) is 0 Å². The van der Waals surface area contributed by atoms with Crippen LogP contribution in [0.1, 0.15) is 17.2 Å². The van der Waals surface area contributed by atoms with E-state index in [0.29, 0.717) is 0 Å². The van der Waals surface area contributed by atoms with Gasteiger partial charge in [-0.05, 0) is 39.2 Å². The van der Waals surface area contributed by atoms with E-state index < -0.39 is 29.9 Å². The highest BCUT2D eigenvalue weighted by Crippen LogP contribution is 2.25. The number of rotatable bonds is 6. The molecular weight excluding hydrogens is 400 g/mol. The third-order valence-electron chi connectivity index (χ3n) is 3.38. The Bertz CT molecular complexity index is 707. The number of carbonyl (C=O) groups excluding carboxylic acids is 1. The largest absolute Gasteiger partial charge is 0.445 e. The minimum Gasteiger partial charge on any atom is -0.445 e. The molecule has 1 amide bonds. The molecule has 3 N–H and O–H groups in total. The maximum atomic E-state index is 13.5. The Kier molecular flexibility index (Phi) is 6.86. The van der Waals surface area contributed by atoms with Gasteiger partial charge in [-0.3, -0.25) is 0 Å². The number of nitrogens with one attached hydrogen (secondary N) is 1. The lowest BCUT2D eigenvalue weighted by molar-refractivity contribution is 0.0180. The summed E-state index contributed by atoms with van der Waals surface area (Å²) in [5, 5.41) is 22.1. The van der Waals surface area contributed by atoms with Crippen LogP contribution in [0, 0.1) is 11.6 Å². The van der Waals surface area contributed by atoms with E-state index in [-0.39, 0.29) is 23.2 Å². The number of hydrogen-bond donors (Lipinski definition) is 3. The molecule has 0 aromatic heterocycles. The van der Waals surface area contributed by atoms with Crippen LogP contribution < -0.4 is 5.32 Å². The van der Waals surface area contributed by atoms with E-state index in [2.05, 4.69) is 21.2 Å². The summed E-state index contributed by atoms with van der Waals surface area (Å²) in [6, 6.07) is 10.8. The van der Waals surface area contributed by atoms with Gasteiger partial charge in [-0.2, -0.15) is 0 Å². The lowest BCUT2D eigenvalue weighted by Crippen LogP contribution is -2.35. The second-order valence-electron chi connectivity index (χ2n) is 5.25. The van der Waals surface area contributed by atoms with E-state index in [0.717, 1.165) is 17.7 Å². The van der Waals surface area contributed by atoms with Gasteiger partial charge in [0.2, 0.25) is 0 Å². The highest BCUT2D eigenvalue weighted by Gasteiger charge is 2.22. The minimum atomic E-state index is -1.58. The molecule has 2 aromatic carbocycles. The van der Waals surface area contributed by atoms with Crippen LogP contribution in [0.4, 0.5) is 13.6 Å². The first-order chi connectivity index (χ1) is 11.9. The topological polar surface area (TPSA) is 78.8 Å². The van der Waals surface area contributed by atoms with Crippen LogP contribution in [0.5, 0.6) is 0 Å². The Hall–Kier alpha value is -2.03. The van der Waals surface area contributed by atoms with Gasteiger partial charge in [0.15, 0.2) is 0 Å². The van der Waals surface area contributed by atoms with E-state index >= 15 is 0 Å². The molecular formula is C17H16BrF2NO4. The fourth-order valence-corrected chi connectivity index (χ4v) is 2.27. The van der Waals surface area contributed by atoms with Gasteiger partial charge in [0, 0.05) is 6.54 Å². The van der Waals surface area contributed by atoms with Gasteiger partial charge >= 0.3 is 6.09 Å². The van der Waals surface area contributed by atoms with Crippen molar-refractivity contribution in [1.29, 1.82) is 0 Å². The quantitative estimate of drug-likeness (QED) is 0.633. The molecule has 0 spiro atoms. The van der Waals surface area contributed by atoms with E-state index in [9.17, 15) is 23.8 Å². The molecule has 2 unspecified atom stereocenters. The Morgan fingerprint density at radius 1 is 1.16 bits per heavy atom. The summed E-state index contributed by atoms with van der Waals surface area (Å²) in [6.07, 6.45) is -3.83. The monoisotopic (exact) mass is 415 g/mol. The summed E-state index contributed by atoms with van der Waals surface area (Å²) in [5.74, 6) is -1.81. The molecule has 2 aromatic rings. The van der Waals surface area contributed by atoms with Crippen molar-refractivity contribution < 1.29 is 28.5 Å². The van der Waals surface area contributed by atoms with E-state index in [1.54, 1.807) is 24.3 Å². The molecule has 134 valence electrons. The number of aliphatic hydroxyl groups is 2. The van der Waals surface area contributed by atoms with E-state index in [1.807, 2.05) is 6.07 Å². The predicted molar refractivity (Wildman–Crippen MR) is 89.7 cm³/mol. The smallest absolute Gasteiger partial charge is 0.407 e. The van der Waals surface area contributed by atoms with Crippen LogP contribution in [-0.4, -0.2) is 29.0 Å². The van der Waals surface area contributed by atoms with Crippen LogP contribution in [0.3, 0.4) is 0 Å². The van der Waals surface area contributed by atoms with Crippen molar-refractivity contribution in [2.45, 2.75) is 18.8 Å². The van der Waals surface area contributed by atoms with Crippen LogP contribution in [-0.2, 0) is 11.3 Å². The Labute approximate surface area is 151 Å². The second-order valence-corrected chi connectivity index (χ2v) is 6.05. The molecule has 25 heavy (non-hydrogen) atoms. The Morgan fingerprint density at radius 3 is 2.36 bits per heavy atom. The zero-order chi connectivity index (χ0) is 18.4. The molecule has 2 atom stereocenters. The summed E-state index contributed by atoms with van der Waals surface area (Å²) >= 11 is 2.72. The fourth-order valence-electron chi connectivity index (χ4n) is 2.04. The lowest BCUT2D eigenvalue weighted by Gasteiger charge is -2.19. The molecule has 0 aliphatic heterocycles. The van der Waals surface area contributed by atoms with Crippen LogP contribution in [0.15, 0.2) is 46.9 Å². The number of alkyl carbamates (subject to hydrolysis) is 1. The molecule has 0 saturated carbocycles. The van der Waals surface area contributed by atoms with Crippen LogP contribution in [0.25, 0.3) is 0 Å². The third kappa shape index (κ3) is 5.48. The average Bonchev–Trinajstić information content (AvgIpc) is 2.62. The van der Waals surface area contributed by atoms with E-state index in [1.165, 1.54) is 0 Å². The molecule has 0 aliphatic rings. The Morgan fingerprint density at radius 2 is 1.76 bits per heavy atom. The van der Waals surface area contributed by atoms with Gasteiger partial charge in [0.25, 0.3) is 0 Å². The van der Waals surface area contributed by atoms with Gasteiger partial charge in [-0.1, -0.05) is 30.3 Å². The number of benzene rings is 2. The molecule has 5 nitrogen and oxygen atoms in total. The van der Waals surface area contributed by atoms with Gasteiger partial charge in [-0.25, -0.2) is 13.6 Å². The highest BCUT2D eigenvalue weighted by molar-refractivity contribution is 9.10. The average molecular weight is 416 g/mol. The number of aliphatic hydroxyl groups excluding tert-OH is 2. The van der Waals surface area contributed by atoms with Crippen molar-refractivity contribution >= 4 is 22.0 Å². The SMILES string of the molecule is O=C(NCC(O)C(O)c1cc(F)c(Br)c(F)c1)OCc1ccccc1. The molecule has 8 heteroatoms. The standard InChI is InChI=1S/C17H16BrF2NO4/c18-15-12(19)6-11(7-13(15)20)16(23)14(22)8-21-17(24)25-9-10-4-2-1-3-5-10/h1-7,14,16,22-23H,8-9H2,(H,21,24). The first kappa shape index (κ1) is 19.3. The number of halogens is 3. The second kappa shape index (κ2) is 8.89. The first-order valence-corrected chi connectivity index (χ1v) is 8.13. The van der Waals surface area contributed by atoms with Gasteiger partial charge in [0.05, 0.1) is 4.47 Å². The summed E-state index contributed by atoms with van der Waals surface area (Å²) in [6.45, 7) is -0.303. The summed E-state index contributed by atoms with van der Waals surface area (Å²) < 4.78 is 31.5. The van der Waals surface area contributed by atoms with Crippen LogP contribution in [0.2, 0.25) is 0 Å². The number of ether oxygens (including phenoxy) is 1. The molecule has 0 radical (unpaired) electrons. The maximum Gasteiger partial charge on any atom is 0.407 e. The van der Waals surface area contributed by atoms with Crippen molar-refractivity contribution in [1.82, 2.24) is 5.32 Å². The summed E-state index contributed by atoms with van der Waals surface area (Å²) in [7, 11) is 0.